The molecular formula is C17H21N3O2S. The van der Waals surface area contributed by atoms with Crippen LogP contribution in [0.15, 0.2) is 29.8 Å². The molecule has 23 heavy (non-hydrogen) atoms. The summed E-state index contributed by atoms with van der Waals surface area (Å²) in [5.41, 5.74) is 1.89. The fraction of sp³-hybridized carbons (Fsp3) is 0.412. The van der Waals surface area contributed by atoms with E-state index in [0.717, 1.165) is 18.9 Å². The smallest absolute Gasteiger partial charge is 0.257 e. The summed E-state index contributed by atoms with van der Waals surface area (Å²) in [6, 6.07) is 5.76. The third-order valence-electron chi connectivity index (χ3n) is 4.02. The second-order valence-electron chi connectivity index (χ2n) is 5.66. The average Bonchev–Trinajstić information content (AvgIpc) is 3.00. The van der Waals surface area contributed by atoms with Crippen LogP contribution in [0.2, 0.25) is 0 Å². The summed E-state index contributed by atoms with van der Waals surface area (Å²) >= 11 is 1.69. The minimum absolute atomic E-state index is 0.00684. The lowest BCUT2D eigenvalue weighted by molar-refractivity contribution is 0.0785. The molecule has 3 rings (SSSR count). The Labute approximate surface area is 140 Å². The van der Waals surface area contributed by atoms with Crippen molar-refractivity contribution in [3.63, 3.8) is 0 Å². The largest absolute Gasteiger partial charge is 0.378 e. The average molecular weight is 331 g/mol. The molecule has 0 unspecified atom stereocenters. The van der Waals surface area contributed by atoms with Crippen molar-refractivity contribution in [2.75, 3.05) is 38.3 Å². The van der Waals surface area contributed by atoms with Crippen molar-refractivity contribution >= 4 is 23.1 Å². The maximum Gasteiger partial charge on any atom is 0.257 e. The number of rotatable bonds is 4. The molecule has 3 heterocycles. The van der Waals surface area contributed by atoms with E-state index in [9.17, 15) is 4.79 Å². The molecule has 0 saturated carbocycles. The molecule has 1 amide bonds. The molecule has 0 N–H and O–H groups in total. The number of morpholine rings is 1. The fourth-order valence-electron chi connectivity index (χ4n) is 2.65. The SMILES string of the molecule is Cc1ccsc1CN(C)C(=O)c1cccnc1N1CCOCC1. The van der Waals surface area contributed by atoms with Crippen LogP contribution in [0.3, 0.4) is 0 Å². The number of thiophene rings is 1. The highest BCUT2D eigenvalue weighted by atomic mass is 32.1. The first-order valence-corrected chi connectivity index (χ1v) is 8.61. The molecule has 1 saturated heterocycles. The van der Waals surface area contributed by atoms with Gasteiger partial charge in [-0.2, -0.15) is 0 Å². The third-order valence-corrected chi connectivity index (χ3v) is 5.03. The second-order valence-corrected chi connectivity index (χ2v) is 6.66. The Morgan fingerprint density at radius 3 is 2.87 bits per heavy atom. The summed E-state index contributed by atoms with van der Waals surface area (Å²) in [5.74, 6) is 0.767. The van der Waals surface area contributed by atoms with Gasteiger partial charge in [0.05, 0.1) is 25.3 Å². The van der Waals surface area contributed by atoms with Gasteiger partial charge >= 0.3 is 0 Å². The number of aryl methyl sites for hydroxylation is 1. The van der Waals surface area contributed by atoms with E-state index in [2.05, 4.69) is 28.3 Å². The normalized spacial score (nSPS) is 14.8. The van der Waals surface area contributed by atoms with Crippen LogP contribution in [-0.4, -0.2) is 49.1 Å². The maximum absolute atomic E-state index is 12.9. The lowest BCUT2D eigenvalue weighted by Gasteiger charge is -2.29. The minimum Gasteiger partial charge on any atom is -0.378 e. The second kappa shape index (κ2) is 7.10. The van der Waals surface area contributed by atoms with Gasteiger partial charge in [0, 0.05) is 31.2 Å². The Hall–Kier alpha value is -1.92. The first-order valence-electron chi connectivity index (χ1n) is 7.73. The monoisotopic (exact) mass is 331 g/mol. The predicted octanol–water partition coefficient (Wildman–Crippen LogP) is 2.56. The standard InChI is InChI=1S/C17H21N3O2S/c1-13-5-11-23-15(13)12-19(2)17(21)14-4-3-6-18-16(14)20-7-9-22-10-8-20/h3-6,11H,7-10,12H2,1-2H3. The molecule has 0 aliphatic carbocycles. The highest BCUT2D eigenvalue weighted by Crippen LogP contribution is 2.22. The van der Waals surface area contributed by atoms with Gasteiger partial charge in [0.1, 0.15) is 5.82 Å². The van der Waals surface area contributed by atoms with E-state index < -0.39 is 0 Å². The Balaban J connectivity index is 1.80. The van der Waals surface area contributed by atoms with Crippen molar-refractivity contribution in [3.8, 4) is 0 Å². The molecule has 2 aromatic rings. The Morgan fingerprint density at radius 2 is 2.17 bits per heavy atom. The van der Waals surface area contributed by atoms with Gasteiger partial charge in [0.2, 0.25) is 0 Å². The van der Waals surface area contributed by atoms with Gasteiger partial charge in [0.25, 0.3) is 5.91 Å². The van der Waals surface area contributed by atoms with Crippen molar-refractivity contribution in [2.45, 2.75) is 13.5 Å². The molecule has 1 fully saturated rings. The zero-order chi connectivity index (χ0) is 16.2. The van der Waals surface area contributed by atoms with Crippen LogP contribution in [0.1, 0.15) is 20.8 Å². The van der Waals surface area contributed by atoms with Crippen LogP contribution >= 0.6 is 11.3 Å². The zero-order valence-electron chi connectivity index (χ0n) is 13.5. The number of carbonyl (C=O) groups is 1. The molecule has 0 radical (unpaired) electrons. The summed E-state index contributed by atoms with van der Waals surface area (Å²) < 4.78 is 5.39. The fourth-order valence-corrected chi connectivity index (χ4v) is 3.61. The number of hydrogen-bond acceptors (Lipinski definition) is 5. The van der Waals surface area contributed by atoms with Gasteiger partial charge in [-0.25, -0.2) is 4.98 Å². The van der Waals surface area contributed by atoms with Gasteiger partial charge in [0.15, 0.2) is 0 Å². The zero-order valence-corrected chi connectivity index (χ0v) is 14.3. The Kier molecular flexibility index (Phi) is 4.93. The maximum atomic E-state index is 12.9. The molecule has 1 aliphatic rings. The van der Waals surface area contributed by atoms with Crippen molar-refractivity contribution in [2.24, 2.45) is 0 Å². The summed E-state index contributed by atoms with van der Waals surface area (Å²) in [5, 5.41) is 2.06. The lowest BCUT2D eigenvalue weighted by Crippen LogP contribution is -2.38. The molecule has 122 valence electrons. The molecule has 0 atom stereocenters. The number of nitrogens with zero attached hydrogens (tertiary/aromatic N) is 3. The van der Waals surface area contributed by atoms with Crippen LogP contribution in [-0.2, 0) is 11.3 Å². The third kappa shape index (κ3) is 3.54. The molecule has 0 bridgehead atoms. The van der Waals surface area contributed by atoms with Crippen LogP contribution < -0.4 is 4.90 Å². The number of hydrogen-bond donors (Lipinski definition) is 0. The molecule has 0 spiro atoms. The van der Waals surface area contributed by atoms with Crippen LogP contribution in [0, 0.1) is 6.92 Å². The number of anilines is 1. The van der Waals surface area contributed by atoms with Crippen LogP contribution in [0.25, 0.3) is 0 Å². The van der Waals surface area contributed by atoms with Crippen molar-refractivity contribution in [1.29, 1.82) is 0 Å². The Bertz CT molecular complexity index is 680. The van der Waals surface area contributed by atoms with Gasteiger partial charge < -0.3 is 14.5 Å². The molecule has 2 aromatic heterocycles. The molecule has 0 aromatic carbocycles. The topological polar surface area (TPSA) is 45.7 Å². The van der Waals surface area contributed by atoms with Gasteiger partial charge in [-0.15, -0.1) is 11.3 Å². The summed E-state index contributed by atoms with van der Waals surface area (Å²) in [6.07, 6.45) is 1.74. The van der Waals surface area contributed by atoms with Gasteiger partial charge in [-0.3, -0.25) is 4.79 Å². The van der Waals surface area contributed by atoms with E-state index >= 15 is 0 Å². The van der Waals surface area contributed by atoms with Gasteiger partial charge in [-0.05, 0) is 36.1 Å². The van der Waals surface area contributed by atoms with E-state index in [1.807, 2.05) is 19.2 Å². The molecule has 5 nitrogen and oxygen atoms in total. The lowest BCUT2D eigenvalue weighted by atomic mass is 10.2. The summed E-state index contributed by atoms with van der Waals surface area (Å²) in [4.78, 5) is 22.4. The minimum atomic E-state index is 0.00684. The molecular weight excluding hydrogens is 310 g/mol. The molecule has 1 aliphatic heterocycles. The number of ether oxygens (including phenoxy) is 1. The van der Waals surface area contributed by atoms with E-state index in [0.29, 0.717) is 25.3 Å². The van der Waals surface area contributed by atoms with E-state index in [1.54, 1.807) is 22.4 Å². The number of pyridine rings is 1. The highest BCUT2D eigenvalue weighted by Gasteiger charge is 2.22. The Morgan fingerprint density at radius 1 is 1.39 bits per heavy atom. The van der Waals surface area contributed by atoms with E-state index in [1.165, 1.54) is 10.4 Å². The quantitative estimate of drug-likeness (QED) is 0.864. The number of aromatic nitrogens is 1. The predicted molar refractivity (Wildman–Crippen MR) is 92.1 cm³/mol. The van der Waals surface area contributed by atoms with Crippen molar-refractivity contribution in [3.05, 3.63) is 45.8 Å². The van der Waals surface area contributed by atoms with Gasteiger partial charge in [-0.1, -0.05) is 0 Å². The molecule has 6 heteroatoms. The number of carbonyl (C=O) groups excluding carboxylic acids is 1. The van der Waals surface area contributed by atoms with Crippen molar-refractivity contribution in [1.82, 2.24) is 9.88 Å². The van der Waals surface area contributed by atoms with Crippen LogP contribution in [0.5, 0.6) is 0 Å². The van der Waals surface area contributed by atoms with Crippen molar-refractivity contribution < 1.29 is 9.53 Å². The van der Waals surface area contributed by atoms with E-state index in [4.69, 9.17) is 4.74 Å². The summed E-state index contributed by atoms with van der Waals surface area (Å²) in [7, 11) is 1.84. The highest BCUT2D eigenvalue weighted by molar-refractivity contribution is 7.10. The first kappa shape index (κ1) is 16.0. The number of amides is 1. The summed E-state index contributed by atoms with van der Waals surface area (Å²) in [6.45, 7) is 5.59. The first-order chi connectivity index (χ1) is 11.2. The van der Waals surface area contributed by atoms with Crippen LogP contribution in [0.4, 0.5) is 5.82 Å². The van der Waals surface area contributed by atoms with E-state index in [-0.39, 0.29) is 5.91 Å².